The Morgan fingerprint density at radius 2 is 2.00 bits per heavy atom. The number of carbonyl (C=O) groups is 1. The maximum Gasteiger partial charge on any atom is 0.307 e. The van der Waals surface area contributed by atoms with Gasteiger partial charge in [0.2, 0.25) is 0 Å². The lowest BCUT2D eigenvalue weighted by Crippen LogP contribution is -2.36. The fraction of sp³-hybridized carbons (Fsp3) is 0.533. The standard InChI is InChI=1S/C15H21F2NO2/c1-10(2)9-18-12(8-15(19)20-3)6-11-4-5-13(16)14(17)7-11/h4-5,7,10,12,18H,6,8-9H2,1-3H3. The number of ether oxygens (including phenoxy) is 1. The second kappa shape index (κ2) is 7.94. The summed E-state index contributed by atoms with van der Waals surface area (Å²) >= 11 is 0. The molecule has 5 heteroatoms. The first-order chi connectivity index (χ1) is 9.42. The Morgan fingerprint density at radius 1 is 1.30 bits per heavy atom. The number of esters is 1. The van der Waals surface area contributed by atoms with Crippen molar-refractivity contribution in [2.75, 3.05) is 13.7 Å². The third-order valence-corrected chi connectivity index (χ3v) is 2.92. The molecular formula is C15H21F2NO2. The number of halogens is 2. The average Bonchev–Trinajstić information content (AvgIpc) is 2.40. The molecule has 1 aromatic rings. The Hall–Kier alpha value is -1.49. The Balaban J connectivity index is 2.71. The van der Waals surface area contributed by atoms with Gasteiger partial charge in [-0.15, -0.1) is 0 Å². The van der Waals surface area contributed by atoms with Gasteiger partial charge in [-0.3, -0.25) is 4.79 Å². The summed E-state index contributed by atoms with van der Waals surface area (Å²) < 4.78 is 30.7. The minimum absolute atomic E-state index is 0.158. The van der Waals surface area contributed by atoms with Crippen LogP contribution in [-0.4, -0.2) is 25.7 Å². The Bertz CT molecular complexity index is 449. The van der Waals surface area contributed by atoms with Gasteiger partial charge in [-0.1, -0.05) is 19.9 Å². The predicted octanol–water partition coefficient (Wildman–Crippen LogP) is 2.68. The summed E-state index contributed by atoms with van der Waals surface area (Å²) in [5, 5.41) is 3.25. The predicted molar refractivity (Wildman–Crippen MR) is 73.3 cm³/mol. The molecular weight excluding hydrogens is 264 g/mol. The molecule has 0 amide bonds. The van der Waals surface area contributed by atoms with Crippen LogP contribution in [0.15, 0.2) is 18.2 Å². The Kier molecular flexibility index (Phi) is 6.58. The van der Waals surface area contributed by atoms with E-state index in [-0.39, 0.29) is 18.4 Å². The molecule has 0 aliphatic heterocycles. The summed E-state index contributed by atoms with van der Waals surface area (Å²) in [6.45, 7) is 4.85. The molecule has 0 aliphatic carbocycles. The molecule has 0 spiro atoms. The van der Waals surface area contributed by atoms with Crippen LogP contribution in [0.1, 0.15) is 25.8 Å². The molecule has 112 valence electrons. The molecule has 0 saturated carbocycles. The highest BCUT2D eigenvalue weighted by Gasteiger charge is 2.16. The van der Waals surface area contributed by atoms with Crippen LogP contribution in [0.25, 0.3) is 0 Å². The number of hydrogen-bond donors (Lipinski definition) is 1. The van der Waals surface area contributed by atoms with Crippen molar-refractivity contribution in [1.82, 2.24) is 5.32 Å². The first-order valence-corrected chi connectivity index (χ1v) is 6.66. The van der Waals surface area contributed by atoms with Gasteiger partial charge in [0, 0.05) is 6.04 Å². The largest absolute Gasteiger partial charge is 0.469 e. The van der Waals surface area contributed by atoms with E-state index in [4.69, 9.17) is 0 Å². The topological polar surface area (TPSA) is 38.3 Å². The molecule has 20 heavy (non-hydrogen) atoms. The molecule has 0 aliphatic rings. The summed E-state index contributed by atoms with van der Waals surface area (Å²) in [5.74, 6) is -1.63. The normalized spacial score (nSPS) is 12.5. The number of nitrogens with one attached hydrogen (secondary N) is 1. The van der Waals surface area contributed by atoms with Crippen LogP contribution in [0.2, 0.25) is 0 Å². The number of methoxy groups -OCH3 is 1. The molecule has 0 aromatic heterocycles. The van der Waals surface area contributed by atoms with Gasteiger partial charge < -0.3 is 10.1 Å². The molecule has 1 unspecified atom stereocenters. The zero-order valence-electron chi connectivity index (χ0n) is 12.1. The van der Waals surface area contributed by atoms with Gasteiger partial charge in [-0.25, -0.2) is 8.78 Å². The summed E-state index contributed by atoms with van der Waals surface area (Å²) in [6, 6.07) is 3.63. The zero-order chi connectivity index (χ0) is 15.1. The van der Waals surface area contributed by atoms with Crippen molar-refractivity contribution >= 4 is 5.97 Å². The number of carbonyl (C=O) groups excluding carboxylic acids is 1. The molecule has 0 radical (unpaired) electrons. The van der Waals surface area contributed by atoms with E-state index < -0.39 is 11.6 Å². The Labute approximate surface area is 118 Å². The molecule has 3 nitrogen and oxygen atoms in total. The van der Waals surface area contributed by atoms with E-state index in [1.54, 1.807) is 0 Å². The van der Waals surface area contributed by atoms with Crippen molar-refractivity contribution in [2.45, 2.75) is 32.7 Å². The van der Waals surface area contributed by atoms with Crippen molar-refractivity contribution in [3.8, 4) is 0 Å². The highest BCUT2D eigenvalue weighted by Crippen LogP contribution is 2.12. The maximum absolute atomic E-state index is 13.2. The molecule has 0 saturated heterocycles. The molecule has 0 bridgehead atoms. The molecule has 0 fully saturated rings. The van der Waals surface area contributed by atoms with E-state index in [0.717, 1.165) is 18.7 Å². The second-order valence-electron chi connectivity index (χ2n) is 5.23. The van der Waals surface area contributed by atoms with Crippen LogP contribution in [-0.2, 0) is 16.0 Å². The van der Waals surface area contributed by atoms with Crippen molar-refractivity contribution < 1.29 is 18.3 Å². The minimum Gasteiger partial charge on any atom is -0.469 e. The third kappa shape index (κ3) is 5.65. The highest BCUT2D eigenvalue weighted by molar-refractivity contribution is 5.70. The van der Waals surface area contributed by atoms with Crippen molar-refractivity contribution in [2.24, 2.45) is 5.92 Å². The van der Waals surface area contributed by atoms with E-state index in [2.05, 4.69) is 23.9 Å². The SMILES string of the molecule is COC(=O)CC(Cc1ccc(F)c(F)c1)NCC(C)C. The molecule has 0 heterocycles. The monoisotopic (exact) mass is 285 g/mol. The van der Waals surface area contributed by atoms with E-state index >= 15 is 0 Å². The van der Waals surface area contributed by atoms with E-state index in [1.165, 1.54) is 13.2 Å². The van der Waals surface area contributed by atoms with Gasteiger partial charge in [-0.05, 0) is 36.6 Å². The van der Waals surface area contributed by atoms with Gasteiger partial charge in [0.05, 0.1) is 13.5 Å². The van der Waals surface area contributed by atoms with Gasteiger partial charge in [0.15, 0.2) is 11.6 Å². The van der Waals surface area contributed by atoms with Crippen LogP contribution >= 0.6 is 0 Å². The first kappa shape index (κ1) is 16.6. The van der Waals surface area contributed by atoms with Crippen molar-refractivity contribution in [1.29, 1.82) is 0 Å². The second-order valence-corrected chi connectivity index (χ2v) is 5.23. The molecule has 1 rings (SSSR count). The van der Waals surface area contributed by atoms with Gasteiger partial charge in [0.25, 0.3) is 0 Å². The quantitative estimate of drug-likeness (QED) is 0.783. The summed E-state index contributed by atoms with van der Waals surface area (Å²) in [7, 11) is 1.33. The van der Waals surface area contributed by atoms with E-state index in [1.807, 2.05) is 0 Å². The average molecular weight is 285 g/mol. The Morgan fingerprint density at radius 3 is 2.55 bits per heavy atom. The summed E-state index contributed by atoms with van der Waals surface area (Å²) in [5.41, 5.74) is 0.647. The fourth-order valence-corrected chi connectivity index (χ4v) is 1.85. The fourth-order valence-electron chi connectivity index (χ4n) is 1.85. The van der Waals surface area contributed by atoms with E-state index in [9.17, 15) is 13.6 Å². The number of benzene rings is 1. The van der Waals surface area contributed by atoms with Crippen LogP contribution < -0.4 is 5.32 Å². The van der Waals surface area contributed by atoms with Gasteiger partial charge in [-0.2, -0.15) is 0 Å². The molecule has 1 N–H and O–H groups in total. The number of hydrogen-bond acceptors (Lipinski definition) is 3. The lowest BCUT2D eigenvalue weighted by molar-refractivity contribution is -0.141. The van der Waals surface area contributed by atoms with Crippen molar-refractivity contribution in [3.63, 3.8) is 0 Å². The van der Waals surface area contributed by atoms with Gasteiger partial charge >= 0.3 is 5.97 Å². The molecule has 1 atom stereocenters. The maximum atomic E-state index is 13.2. The summed E-state index contributed by atoms with van der Waals surface area (Å²) in [4.78, 5) is 11.4. The van der Waals surface area contributed by atoms with Crippen LogP contribution in [0, 0.1) is 17.6 Å². The minimum atomic E-state index is -0.872. The highest BCUT2D eigenvalue weighted by atomic mass is 19.2. The lowest BCUT2D eigenvalue weighted by Gasteiger charge is -2.19. The first-order valence-electron chi connectivity index (χ1n) is 6.66. The zero-order valence-corrected chi connectivity index (χ0v) is 12.1. The summed E-state index contributed by atoms with van der Waals surface area (Å²) in [6.07, 6.45) is 0.640. The smallest absolute Gasteiger partial charge is 0.307 e. The van der Waals surface area contributed by atoms with Crippen molar-refractivity contribution in [3.05, 3.63) is 35.4 Å². The van der Waals surface area contributed by atoms with Gasteiger partial charge in [0.1, 0.15) is 0 Å². The van der Waals surface area contributed by atoms with Crippen LogP contribution in [0.4, 0.5) is 8.78 Å². The molecule has 1 aromatic carbocycles. The lowest BCUT2D eigenvalue weighted by atomic mass is 10.0. The van der Waals surface area contributed by atoms with Crippen LogP contribution in [0.3, 0.4) is 0 Å². The number of rotatable bonds is 7. The van der Waals surface area contributed by atoms with E-state index in [0.29, 0.717) is 17.9 Å². The van der Waals surface area contributed by atoms with Crippen LogP contribution in [0.5, 0.6) is 0 Å². The third-order valence-electron chi connectivity index (χ3n) is 2.92.